The molecule has 1 aromatic heterocycles. The van der Waals surface area contributed by atoms with Gasteiger partial charge in [-0.3, -0.25) is 4.90 Å². The molecule has 2 fully saturated rings. The summed E-state index contributed by atoms with van der Waals surface area (Å²) in [6.45, 7) is 6.07. The fourth-order valence-electron chi connectivity index (χ4n) is 3.89. The number of nitrogens with one attached hydrogen (secondary N) is 1. The van der Waals surface area contributed by atoms with Crippen molar-refractivity contribution in [1.82, 2.24) is 10.2 Å². The van der Waals surface area contributed by atoms with E-state index in [-0.39, 0.29) is 0 Å². The molecule has 0 spiro atoms. The summed E-state index contributed by atoms with van der Waals surface area (Å²) in [5.41, 5.74) is 0. The molecule has 1 N–H and O–H groups in total. The molecule has 1 saturated carbocycles. The van der Waals surface area contributed by atoms with Crippen LogP contribution in [0.4, 0.5) is 0 Å². The number of nitrogens with zero attached hydrogens (tertiary/aromatic N) is 1. The van der Waals surface area contributed by atoms with Crippen LogP contribution in [0.2, 0.25) is 0 Å². The topological polar surface area (TPSA) is 15.3 Å². The van der Waals surface area contributed by atoms with Crippen molar-refractivity contribution in [2.24, 2.45) is 5.92 Å². The third-order valence-electron chi connectivity index (χ3n) is 5.18. The van der Waals surface area contributed by atoms with Crippen LogP contribution in [0.5, 0.6) is 0 Å². The van der Waals surface area contributed by atoms with Crippen LogP contribution in [-0.4, -0.2) is 30.6 Å². The average molecular weight is 292 g/mol. The van der Waals surface area contributed by atoms with Gasteiger partial charge in [-0.25, -0.2) is 0 Å². The van der Waals surface area contributed by atoms with E-state index in [4.69, 9.17) is 0 Å². The SMILES string of the molecule is CC(c1cccs1)N1CCCNC(C2CCCCC2)C1. The minimum Gasteiger partial charge on any atom is -0.312 e. The fraction of sp³-hybridized carbons (Fsp3) is 0.765. The Balaban J connectivity index is 1.65. The normalized spacial score (nSPS) is 28.1. The van der Waals surface area contributed by atoms with E-state index < -0.39 is 0 Å². The van der Waals surface area contributed by atoms with Crippen LogP contribution in [0.1, 0.15) is 56.4 Å². The van der Waals surface area contributed by atoms with Crippen molar-refractivity contribution < 1.29 is 0 Å². The summed E-state index contributed by atoms with van der Waals surface area (Å²) >= 11 is 1.91. The molecule has 1 aliphatic heterocycles. The average Bonchev–Trinajstić information content (AvgIpc) is 2.92. The first-order valence-electron chi connectivity index (χ1n) is 8.35. The van der Waals surface area contributed by atoms with E-state index in [1.807, 2.05) is 11.3 Å². The van der Waals surface area contributed by atoms with Gasteiger partial charge in [0.05, 0.1) is 0 Å². The van der Waals surface area contributed by atoms with Crippen LogP contribution in [0.3, 0.4) is 0 Å². The monoisotopic (exact) mass is 292 g/mol. The number of thiophene rings is 1. The van der Waals surface area contributed by atoms with Gasteiger partial charge in [0.1, 0.15) is 0 Å². The first kappa shape index (κ1) is 14.6. The molecule has 0 bridgehead atoms. The second-order valence-corrected chi connectivity index (χ2v) is 7.48. The lowest BCUT2D eigenvalue weighted by atomic mass is 9.83. The Labute approximate surface area is 127 Å². The zero-order chi connectivity index (χ0) is 13.8. The summed E-state index contributed by atoms with van der Waals surface area (Å²) in [5.74, 6) is 0.917. The minimum atomic E-state index is 0.584. The lowest BCUT2D eigenvalue weighted by Gasteiger charge is -2.35. The van der Waals surface area contributed by atoms with Gasteiger partial charge in [0.25, 0.3) is 0 Å². The van der Waals surface area contributed by atoms with Crippen molar-refractivity contribution >= 4 is 11.3 Å². The molecule has 0 radical (unpaired) electrons. The van der Waals surface area contributed by atoms with Gasteiger partial charge in [-0.1, -0.05) is 25.3 Å². The fourth-order valence-corrected chi connectivity index (χ4v) is 4.71. The second-order valence-electron chi connectivity index (χ2n) is 6.50. The van der Waals surface area contributed by atoms with Crippen LogP contribution >= 0.6 is 11.3 Å². The quantitative estimate of drug-likeness (QED) is 0.904. The molecule has 20 heavy (non-hydrogen) atoms. The highest BCUT2D eigenvalue weighted by Gasteiger charge is 2.29. The molecule has 2 heterocycles. The van der Waals surface area contributed by atoms with Gasteiger partial charge in [0.15, 0.2) is 0 Å². The highest BCUT2D eigenvalue weighted by molar-refractivity contribution is 7.10. The number of hydrogen-bond acceptors (Lipinski definition) is 3. The van der Waals surface area contributed by atoms with Gasteiger partial charge in [-0.05, 0) is 50.1 Å². The van der Waals surface area contributed by atoms with Gasteiger partial charge < -0.3 is 5.32 Å². The van der Waals surface area contributed by atoms with E-state index in [1.54, 1.807) is 0 Å². The molecular formula is C17H28N2S. The molecule has 2 atom stereocenters. The van der Waals surface area contributed by atoms with Crippen LogP contribution in [0.15, 0.2) is 17.5 Å². The predicted octanol–water partition coefficient (Wildman–Crippen LogP) is 4.05. The Hall–Kier alpha value is -0.380. The molecule has 2 nitrogen and oxygen atoms in total. The minimum absolute atomic E-state index is 0.584. The van der Waals surface area contributed by atoms with Gasteiger partial charge in [0, 0.05) is 30.1 Å². The van der Waals surface area contributed by atoms with Crippen molar-refractivity contribution in [2.75, 3.05) is 19.6 Å². The largest absolute Gasteiger partial charge is 0.312 e. The Morgan fingerprint density at radius 3 is 2.85 bits per heavy atom. The van der Waals surface area contributed by atoms with E-state index in [2.05, 4.69) is 34.7 Å². The summed E-state index contributed by atoms with van der Waals surface area (Å²) in [6, 6.07) is 5.79. The maximum Gasteiger partial charge on any atom is 0.0413 e. The second kappa shape index (κ2) is 7.06. The van der Waals surface area contributed by atoms with Crippen molar-refractivity contribution in [3.05, 3.63) is 22.4 Å². The highest BCUT2D eigenvalue weighted by Crippen LogP contribution is 2.30. The lowest BCUT2D eigenvalue weighted by molar-refractivity contribution is 0.172. The standard InChI is InChI=1S/C17H28N2S/c1-14(17-9-5-12-20-17)19-11-6-10-18-16(13-19)15-7-3-2-4-8-15/h5,9,12,14-16,18H,2-4,6-8,10-11,13H2,1H3. The molecule has 2 aliphatic rings. The molecule has 1 aliphatic carbocycles. The van der Waals surface area contributed by atoms with E-state index >= 15 is 0 Å². The van der Waals surface area contributed by atoms with E-state index in [0.29, 0.717) is 6.04 Å². The molecule has 112 valence electrons. The highest BCUT2D eigenvalue weighted by atomic mass is 32.1. The molecule has 3 heteroatoms. The first-order chi connectivity index (χ1) is 9.84. The summed E-state index contributed by atoms with van der Waals surface area (Å²) in [4.78, 5) is 4.24. The first-order valence-corrected chi connectivity index (χ1v) is 9.23. The van der Waals surface area contributed by atoms with Crippen LogP contribution in [-0.2, 0) is 0 Å². The Morgan fingerprint density at radius 2 is 2.10 bits per heavy atom. The molecule has 3 rings (SSSR count). The van der Waals surface area contributed by atoms with Gasteiger partial charge in [-0.2, -0.15) is 0 Å². The van der Waals surface area contributed by atoms with E-state index in [0.717, 1.165) is 12.0 Å². The summed E-state index contributed by atoms with van der Waals surface area (Å²) in [7, 11) is 0. The third-order valence-corrected chi connectivity index (χ3v) is 6.22. The van der Waals surface area contributed by atoms with Crippen molar-refractivity contribution in [1.29, 1.82) is 0 Å². The van der Waals surface area contributed by atoms with Gasteiger partial charge in [-0.15, -0.1) is 11.3 Å². The summed E-state index contributed by atoms with van der Waals surface area (Å²) in [6.07, 6.45) is 8.53. The van der Waals surface area contributed by atoms with E-state index in [9.17, 15) is 0 Å². The third kappa shape index (κ3) is 3.44. The lowest BCUT2D eigenvalue weighted by Crippen LogP contribution is -2.44. The van der Waals surface area contributed by atoms with Gasteiger partial charge >= 0.3 is 0 Å². The maximum absolute atomic E-state index is 3.84. The smallest absolute Gasteiger partial charge is 0.0413 e. The molecule has 1 aromatic rings. The molecule has 0 aromatic carbocycles. The summed E-state index contributed by atoms with van der Waals surface area (Å²) in [5, 5.41) is 6.05. The predicted molar refractivity (Wildman–Crippen MR) is 87.3 cm³/mol. The van der Waals surface area contributed by atoms with Crippen LogP contribution in [0, 0.1) is 5.92 Å². The van der Waals surface area contributed by atoms with Gasteiger partial charge in [0.2, 0.25) is 0 Å². The molecular weight excluding hydrogens is 264 g/mol. The summed E-state index contributed by atoms with van der Waals surface area (Å²) < 4.78 is 0. The zero-order valence-corrected chi connectivity index (χ0v) is 13.5. The Kier molecular flexibility index (Phi) is 5.14. The molecule has 0 amide bonds. The Morgan fingerprint density at radius 1 is 1.25 bits per heavy atom. The number of rotatable bonds is 3. The van der Waals surface area contributed by atoms with Crippen molar-refractivity contribution in [3.8, 4) is 0 Å². The van der Waals surface area contributed by atoms with Crippen LogP contribution in [0.25, 0.3) is 0 Å². The Bertz CT molecular complexity index is 384. The van der Waals surface area contributed by atoms with Crippen LogP contribution < -0.4 is 5.32 Å². The molecule has 2 unspecified atom stereocenters. The number of hydrogen-bond donors (Lipinski definition) is 1. The molecule has 1 saturated heterocycles. The maximum atomic E-state index is 3.84. The van der Waals surface area contributed by atoms with Crippen molar-refractivity contribution in [3.63, 3.8) is 0 Å². The van der Waals surface area contributed by atoms with Crippen molar-refractivity contribution in [2.45, 2.75) is 57.5 Å². The zero-order valence-electron chi connectivity index (χ0n) is 12.7. The van der Waals surface area contributed by atoms with E-state index in [1.165, 1.54) is 63.0 Å².